The molecule has 6 nitrogen and oxygen atoms in total. The molecule has 6 heteroatoms. The van der Waals surface area contributed by atoms with Crippen LogP contribution in [0.4, 0.5) is 0 Å². The largest absolute Gasteiger partial charge is 0.368 e. The summed E-state index contributed by atoms with van der Waals surface area (Å²) in [5.74, 6) is -0.137. The third-order valence-corrected chi connectivity index (χ3v) is 8.56. The number of hydrogen-bond donors (Lipinski definition) is 0. The molecule has 0 fully saturated rings. The predicted octanol–water partition coefficient (Wildman–Crippen LogP) is 7.15. The fraction of sp³-hybridized carbons (Fsp3) is 0.900. The summed E-state index contributed by atoms with van der Waals surface area (Å²) in [5, 5.41) is 0. The summed E-state index contributed by atoms with van der Waals surface area (Å²) in [6, 6.07) is 0. The van der Waals surface area contributed by atoms with Crippen molar-refractivity contribution < 1.29 is 23.8 Å². The van der Waals surface area contributed by atoms with Gasteiger partial charge in [0.1, 0.15) is 18.3 Å². The first kappa shape index (κ1) is 34.9. The second-order valence-corrected chi connectivity index (χ2v) is 12.1. The van der Waals surface area contributed by atoms with E-state index < -0.39 is 22.7 Å². The molecule has 0 spiro atoms. The lowest BCUT2D eigenvalue weighted by molar-refractivity contribution is -0.189. The summed E-state index contributed by atoms with van der Waals surface area (Å²) in [7, 11) is 0. The van der Waals surface area contributed by atoms with Crippen molar-refractivity contribution in [2.45, 2.75) is 164 Å². The van der Waals surface area contributed by atoms with Crippen LogP contribution in [0.3, 0.4) is 0 Å². The first-order valence-corrected chi connectivity index (χ1v) is 13.9. The number of ketones is 2. The number of ether oxygens (including phenoxy) is 3. The van der Waals surface area contributed by atoms with Gasteiger partial charge in [-0.15, -0.1) is 0 Å². The SMILES string of the molecule is CCC(C)(C)/N=C/C(C)OC(C)(CC)C(=O)C(C)OC(C)(CC)C(C)(CC)C(=O)COC(C)(C)CC. The summed E-state index contributed by atoms with van der Waals surface area (Å²) in [4.78, 5) is 31.8. The summed E-state index contributed by atoms with van der Waals surface area (Å²) < 4.78 is 18.7. The molecule has 0 aromatic rings. The minimum absolute atomic E-state index is 0.00611. The molecule has 5 atom stereocenters. The average Bonchev–Trinajstić information content (AvgIpc) is 2.84. The Hall–Kier alpha value is -1.11. The van der Waals surface area contributed by atoms with E-state index >= 15 is 0 Å². The zero-order chi connectivity index (χ0) is 28.6. The van der Waals surface area contributed by atoms with Crippen molar-refractivity contribution in [3.63, 3.8) is 0 Å². The van der Waals surface area contributed by atoms with E-state index in [1.165, 1.54) is 0 Å². The topological polar surface area (TPSA) is 74.2 Å². The maximum Gasteiger partial charge on any atom is 0.192 e. The van der Waals surface area contributed by atoms with Crippen molar-refractivity contribution in [3.8, 4) is 0 Å². The molecular formula is C30H57NO5. The van der Waals surface area contributed by atoms with Gasteiger partial charge in [-0.25, -0.2) is 0 Å². The fourth-order valence-electron chi connectivity index (χ4n) is 4.02. The molecule has 0 aliphatic carbocycles. The highest BCUT2D eigenvalue weighted by molar-refractivity contribution is 5.91. The van der Waals surface area contributed by atoms with Crippen LogP contribution in [0.15, 0.2) is 4.99 Å². The van der Waals surface area contributed by atoms with Crippen LogP contribution in [0.1, 0.15) is 129 Å². The molecule has 0 rings (SSSR count). The van der Waals surface area contributed by atoms with Gasteiger partial charge < -0.3 is 14.2 Å². The lowest BCUT2D eigenvalue weighted by Gasteiger charge is -2.46. The first-order chi connectivity index (χ1) is 16.3. The number of carbonyl (C=O) groups excluding carboxylic acids is 2. The molecule has 36 heavy (non-hydrogen) atoms. The van der Waals surface area contributed by atoms with E-state index in [-0.39, 0.29) is 35.4 Å². The van der Waals surface area contributed by atoms with Crippen LogP contribution in [0, 0.1) is 5.41 Å². The lowest BCUT2D eigenvalue weighted by atomic mass is 9.67. The quantitative estimate of drug-likeness (QED) is 0.183. The van der Waals surface area contributed by atoms with E-state index in [0.717, 1.165) is 12.8 Å². The van der Waals surface area contributed by atoms with Crippen LogP contribution in [0.5, 0.6) is 0 Å². The van der Waals surface area contributed by atoms with Crippen LogP contribution < -0.4 is 0 Å². The van der Waals surface area contributed by atoms with Crippen LogP contribution >= 0.6 is 0 Å². The van der Waals surface area contributed by atoms with Crippen LogP contribution in [-0.4, -0.2) is 58.9 Å². The zero-order valence-electron chi connectivity index (χ0n) is 26.0. The maximum atomic E-state index is 13.7. The maximum absolute atomic E-state index is 13.7. The van der Waals surface area contributed by atoms with Crippen molar-refractivity contribution in [3.05, 3.63) is 0 Å². The molecule has 0 aromatic carbocycles. The van der Waals surface area contributed by atoms with Crippen molar-refractivity contribution >= 4 is 17.8 Å². The second-order valence-electron chi connectivity index (χ2n) is 12.1. The van der Waals surface area contributed by atoms with E-state index in [2.05, 4.69) is 25.8 Å². The Morgan fingerprint density at radius 2 is 1.33 bits per heavy atom. The Labute approximate surface area is 222 Å². The van der Waals surface area contributed by atoms with E-state index in [1.807, 2.05) is 69.2 Å². The molecule has 0 heterocycles. The minimum Gasteiger partial charge on any atom is -0.368 e. The van der Waals surface area contributed by atoms with Gasteiger partial charge in [0.25, 0.3) is 0 Å². The Balaban J connectivity index is 5.78. The highest BCUT2D eigenvalue weighted by Gasteiger charge is 2.51. The molecule has 0 saturated heterocycles. The Kier molecular flexibility index (Phi) is 13.2. The minimum atomic E-state index is -1.03. The monoisotopic (exact) mass is 511 g/mol. The van der Waals surface area contributed by atoms with E-state index in [4.69, 9.17) is 14.2 Å². The number of Topliss-reactive ketones (excluding diaryl/α,β-unsaturated/α-hetero) is 2. The molecule has 212 valence electrons. The van der Waals surface area contributed by atoms with Crippen molar-refractivity contribution in [2.75, 3.05) is 6.61 Å². The third-order valence-electron chi connectivity index (χ3n) is 8.56. The first-order valence-electron chi connectivity index (χ1n) is 13.9. The molecule has 0 amide bonds. The molecule has 0 aliphatic heterocycles. The summed E-state index contributed by atoms with van der Waals surface area (Å²) in [5.41, 5.74) is -3.23. The van der Waals surface area contributed by atoms with Gasteiger partial charge in [0.2, 0.25) is 0 Å². The lowest BCUT2D eigenvalue weighted by Crippen LogP contribution is -2.56. The molecule has 0 saturated carbocycles. The Morgan fingerprint density at radius 1 is 0.778 bits per heavy atom. The number of hydrogen-bond acceptors (Lipinski definition) is 6. The van der Waals surface area contributed by atoms with Crippen molar-refractivity contribution in [2.24, 2.45) is 10.4 Å². The van der Waals surface area contributed by atoms with Gasteiger partial charge >= 0.3 is 0 Å². The van der Waals surface area contributed by atoms with Crippen molar-refractivity contribution in [1.29, 1.82) is 0 Å². The van der Waals surface area contributed by atoms with Gasteiger partial charge in [-0.05, 0) is 94.4 Å². The zero-order valence-corrected chi connectivity index (χ0v) is 26.0. The van der Waals surface area contributed by atoms with Crippen LogP contribution in [0.25, 0.3) is 0 Å². The summed E-state index contributed by atoms with van der Waals surface area (Å²) in [6.07, 6.45) is 4.10. The van der Waals surface area contributed by atoms with Gasteiger partial charge in [-0.3, -0.25) is 14.6 Å². The van der Waals surface area contributed by atoms with Crippen molar-refractivity contribution in [1.82, 2.24) is 0 Å². The van der Waals surface area contributed by atoms with Crippen LogP contribution in [-0.2, 0) is 23.8 Å². The molecule has 0 radical (unpaired) electrons. The summed E-state index contributed by atoms with van der Waals surface area (Å²) in [6.45, 7) is 27.6. The highest BCUT2D eigenvalue weighted by Crippen LogP contribution is 2.42. The van der Waals surface area contributed by atoms with E-state index in [1.54, 1.807) is 13.1 Å². The van der Waals surface area contributed by atoms with E-state index in [0.29, 0.717) is 19.3 Å². The molecular weight excluding hydrogens is 454 g/mol. The number of nitrogens with zero attached hydrogens (tertiary/aromatic N) is 1. The molecule has 5 unspecified atom stereocenters. The molecule has 0 aromatic heterocycles. The van der Waals surface area contributed by atoms with Gasteiger partial charge in [0, 0.05) is 6.21 Å². The van der Waals surface area contributed by atoms with Crippen LogP contribution in [0.2, 0.25) is 0 Å². The standard InChI is InChI=1S/C30H57NO5/c1-15-26(8,9)31-20-22(6)35-29(13,18-4)25(33)23(7)36-30(14,19-5)28(12,17-3)24(32)21-34-27(10,11)16-2/h20,22-23H,15-19,21H2,1-14H3/b31-20+. The fourth-order valence-corrected chi connectivity index (χ4v) is 4.02. The normalized spacial score (nSPS) is 19.8. The third kappa shape index (κ3) is 9.02. The highest BCUT2D eigenvalue weighted by atomic mass is 16.5. The van der Waals surface area contributed by atoms with Gasteiger partial charge in [0.05, 0.1) is 28.3 Å². The average molecular weight is 512 g/mol. The smallest absolute Gasteiger partial charge is 0.192 e. The number of aliphatic imine (C=N–C) groups is 1. The van der Waals surface area contributed by atoms with Gasteiger partial charge in [-0.1, -0.05) is 34.6 Å². The van der Waals surface area contributed by atoms with E-state index in [9.17, 15) is 9.59 Å². The summed E-state index contributed by atoms with van der Waals surface area (Å²) >= 11 is 0. The Bertz CT molecular complexity index is 746. The number of rotatable bonds is 18. The second kappa shape index (κ2) is 13.6. The Morgan fingerprint density at radius 3 is 1.75 bits per heavy atom. The molecule has 0 N–H and O–H groups in total. The predicted molar refractivity (Wildman–Crippen MR) is 150 cm³/mol. The molecule has 0 bridgehead atoms. The molecule has 0 aliphatic rings. The van der Waals surface area contributed by atoms with Gasteiger partial charge in [-0.2, -0.15) is 0 Å². The van der Waals surface area contributed by atoms with Gasteiger partial charge in [0.15, 0.2) is 11.6 Å². The number of carbonyl (C=O) groups is 2.